The monoisotopic (exact) mass is 400 g/mol. The zero-order valence-electron chi connectivity index (χ0n) is 16.1. The lowest BCUT2D eigenvalue weighted by atomic mass is 10.1. The number of halogens is 2. The Morgan fingerprint density at radius 1 is 1.14 bits per heavy atom. The largest absolute Gasteiger partial charge is 0.339 e. The minimum Gasteiger partial charge on any atom is -0.339 e. The van der Waals surface area contributed by atoms with Gasteiger partial charge in [0.05, 0.1) is 18.2 Å². The number of aromatic nitrogens is 1. The fraction of sp³-hybridized carbons (Fsp3) is 0.273. The fourth-order valence-corrected chi connectivity index (χ4v) is 3.72. The first-order valence-corrected chi connectivity index (χ1v) is 10.0. The summed E-state index contributed by atoms with van der Waals surface area (Å²) in [6.07, 6.45) is 1.15. The van der Waals surface area contributed by atoms with E-state index >= 15 is 0 Å². The van der Waals surface area contributed by atoms with E-state index in [2.05, 4.69) is 24.0 Å². The van der Waals surface area contributed by atoms with Gasteiger partial charge in [-0.3, -0.25) is 4.79 Å². The summed E-state index contributed by atoms with van der Waals surface area (Å²) in [6.45, 7) is 3.90. The summed E-state index contributed by atoms with van der Waals surface area (Å²) < 4.78 is 26.6. The Kier molecular flexibility index (Phi) is 6.19. The van der Waals surface area contributed by atoms with Crippen molar-refractivity contribution in [1.82, 2.24) is 9.88 Å². The highest BCUT2D eigenvalue weighted by atomic mass is 32.1. The van der Waals surface area contributed by atoms with Crippen LogP contribution in [0.25, 0.3) is 10.6 Å². The van der Waals surface area contributed by atoms with Gasteiger partial charge in [-0.1, -0.05) is 37.3 Å². The lowest BCUT2D eigenvalue weighted by Crippen LogP contribution is -2.31. The molecule has 0 aliphatic heterocycles. The van der Waals surface area contributed by atoms with Gasteiger partial charge >= 0.3 is 0 Å². The molecular weight excluding hydrogens is 378 g/mol. The van der Waals surface area contributed by atoms with Gasteiger partial charge in [0.25, 0.3) is 0 Å². The number of aryl methyl sites for hydroxylation is 1. The molecule has 1 heterocycles. The molecule has 1 atom stereocenters. The van der Waals surface area contributed by atoms with Crippen molar-refractivity contribution >= 4 is 17.2 Å². The van der Waals surface area contributed by atoms with Crippen LogP contribution >= 0.6 is 11.3 Å². The van der Waals surface area contributed by atoms with Crippen LogP contribution in [0.1, 0.15) is 36.7 Å². The van der Waals surface area contributed by atoms with Crippen LogP contribution in [0.5, 0.6) is 0 Å². The van der Waals surface area contributed by atoms with Crippen molar-refractivity contribution in [1.29, 1.82) is 0 Å². The molecule has 3 nitrogen and oxygen atoms in total. The van der Waals surface area contributed by atoms with Gasteiger partial charge in [0.1, 0.15) is 5.01 Å². The van der Waals surface area contributed by atoms with Crippen LogP contribution in [-0.4, -0.2) is 22.8 Å². The van der Waals surface area contributed by atoms with Crippen molar-refractivity contribution in [2.24, 2.45) is 0 Å². The first-order chi connectivity index (χ1) is 13.4. The number of hydrogen-bond acceptors (Lipinski definition) is 3. The summed E-state index contributed by atoms with van der Waals surface area (Å²) in [6, 6.07) is 11.6. The Bertz CT molecular complexity index is 969. The molecule has 28 heavy (non-hydrogen) atoms. The first kappa shape index (κ1) is 20.1. The molecule has 3 aromatic rings. The lowest BCUT2D eigenvalue weighted by molar-refractivity contribution is -0.131. The number of carbonyl (C=O) groups excluding carboxylic acids is 1. The van der Waals surface area contributed by atoms with Gasteiger partial charge in [-0.25, -0.2) is 13.8 Å². The summed E-state index contributed by atoms with van der Waals surface area (Å²) >= 11 is 1.51. The third-order valence-corrected chi connectivity index (χ3v) is 5.83. The summed E-state index contributed by atoms with van der Waals surface area (Å²) in [5, 5.41) is 2.76. The van der Waals surface area contributed by atoms with Crippen molar-refractivity contribution in [2.45, 2.75) is 32.7 Å². The third-order valence-electron chi connectivity index (χ3n) is 4.89. The smallest absolute Gasteiger partial charge is 0.228 e. The average Bonchev–Trinajstić information content (AvgIpc) is 3.17. The topological polar surface area (TPSA) is 33.2 Å². The second kappa shape index (κ2) is 8.61. The molecule has 1 amide bonds. The van der Waals surface area contributed by atoms with Crippen LogP contribution in [0.3, 0.4) is 0 Å². The molecule has 0 aliphatic rings. The van der Waals surface area contributed by atoms with E-state index in [1.807, 2.05) is 17.5 Å². The fourth-order valence-electron chi connectivity index (χ4n) is 2.90. The number of hydrogen-bond donors (Lipinski definition) is 0. The van der Waals surface area contributed by atoms with Gasteiger partial charge in [-0.05, 0) is 36.6 Å². The normalized spacial score (nSPS) is 12.0. The van der Waals surface area contributed by atoms with Crippen LogP contribution in [-0.2, 0) is 17.6 Å². The van der Waals surface area contributed by atoms with E-state index < -0.39 is 11.6 Å². The predicted molar refractivity (Wildman–Crippen MR) is 108 cm³/mol. The quantitative estimate of drug-likeness (QED) is 0.554. The maximum Gasteiger partial charge on any atom is 0.228 e. The Labute approximate surface area is 167 Å². The molecule has 3 rings (SSSR count). The van der Waals surface area contributed by atoms with Crippen LogP contribution in [0, 0.1) is 11.6 Å². The summed E-state index contributed by atoms with van der Waals surface area (Å²) in [7, 11) is 1.66. The number of likely N-dealkylation sites (N-methyl/N-ethyl adjacent to an activating group) is 1. The van der Waals surface area contributed by atoms with Gasteiger partial charge in [0, 0.05) is 18.0 Å². The van der Waals surface area contributed by atoms with E-state index in [1.165, 1.54) is 27.9 Å². The molecule has 0 bridgehead atoms. The van der Waals surface area contributed by atoms with E-state index in [1.54, 1.807) is 14.0 Å². The highest BCUT2D eigenvalue weighted by Gasteiger charge is 2.20. The van der Waals surface area contributed by atoms with Crippen LogP contribution in [0.4, 0.5) is 8.78 Å². The van der Waals surface area contributed by atoms with Gasteiger partial charge in [-0.15, -0.1) is 11.3 Å². The van der Waals surface area contributed by atoms with Gasteiger partial charge in [-0.2, -0.15) is 0 Å². The van der Waals surface area contributed by atoms with Crippen molar-refractivity contribution in [2.75, 3.05) is 7.05 Å². The molecule has 0 fully saturated rings. The maximum absolute atomic E-state index is 13.5. The van der Waals surface area contributed by atoms with Gasteiger partial charge < -0.3 is 4.90 Å². The van der Waals surface area contributed by atoms with Crippen molar-refractivity contribution in [3.8, 4) is 10.6 Å². The maximum atomic E-state index is 13.5. The van der Waals surface area contributed by atoms with Crippen molar-refractivity contribution < 1.29 is 13.6 Å². The Morgan fingerprint density at radius 2 is 1.86 bits per heavy atom. The molecule has 6 heteroatoms. The number of rotatable bonds is 6. The Balaban J connectivity index is 1.68. The van der Waals surface area contributed by atoms with Crippen LogP contribution in [0.2, 0.25) is 0 Å². The molecule has 1 aromatic heterocycles. The molecule has 0 radical (unpaired) electrons. The minimum atomic E-state index is -0.913. The molecule has 146 valence electrons. The molecule has 1 unspecified atom stereocenters. The van der Waals surface area contributed by atoms with E-state index in [-0.39, 0.29) is 18.4 Å². The predicted octanol–water partition coefficient (Wildman–Crippen LogP) is 5.41. The molecular formula is C22H22F2N2OS. The number of benzene rings is 2. The van der Waals surface area contributed by atoms with E-state index in [0.717, 1.165) is 29.1 Å². The second-order valence-corrected chi connectivity index (χ2v) is 7.58. The molecule has 0 N–H and O–H groups in total. The SMILES string of the molecule is CCc1ccc(-c2nc(CC(=O)N(C)C(C)c3ccc(F)c(F)c3)cs2)cc1. The molecule has 0 aliphatic carbocycles. The molecule has 0 saturated heterocycles. The zero-order chi connectivity index (χ0) is 20.3. The van der Waals surface area contributed by atoms with E-state index in [9.17, 15) is 13.6 Å². The number of amides is 1. The third kappa shape index (κ3) is 4.44. The Morgan fingerprint density at radius 3 is 2.50 bits per heavy atom. The molecule has 0 spiro atoms. The summed E-state index contributed by atoms with van der Waals surface area (Å²) in [5.74, 6) is -1.94. The molecule has 0 saturated carbocycles. The number of carbonyl (C=O) groups is 1. The van der Waals surface area contributed by atoms with Crippen molar-refractivity contribution in [3.05, 3.63) is 76.3 Å². The van der Waals surface area contributed by atoms with E-state index in [0.29, 0.717) is 11.3 Å². The lowest BCUT2D eigenvalue weighted by Gasteiger charge is -2.25. The number of nitrogens with zero attached hydrogens (tertiary/aromatic N) is 2. The first-order valence-electron chi connectivity index (χ1n) is 9.13. The van der Waals surface area contributed by atoms with Gasteiger partial charge in [0.2, 0.25) is 5.91 Å². The highest BCUT2D eigenvalue weighted by Crippen LogP contribution is 2.26. The minimum absolute atomic E-state index is 0.129. The van der Waals surface area contributed by atoms with Crippen LogP contribution < -0.4 is 0 Å². The summed E-state index contributed by atoms with van der Waals surface area (Å²) in [5.41, 5.74) is 3.55. The highest BCUT2D eigenvalue weighted by molar-refractivity contribution is 7.13. The molecule has 2 aromatic carbocycles. The number of thiazole rings is 1. The van der Waals surface area contributed by atoms with E-state index in [4.69, 9.17) is 0 Å². The van der Waals surface area contributed by atoms with Gasteiger partial charge in [0.15, 0.2) is 11.6 Å². The zero-order valence-corrected chi connectivity index (χ0v) is 16.9. The Hall–Kier alpha value is -2.60. The standard InChI is InChI=1S/C22H22F2N2OS/c1-4-15-5-7-16(8-6-15)22-25-18(13-28-22)12-21(27)26(3)14(2)17-9-10-19(23)20(24)11-17/h5-11,13-14H,4,12H2,1-3H3. The average molecular weight is 400 g/mol. The summed E-state index contributed by atoms with van der Waals surface area (Å²) in [4.78, 5) is 18.7. The van der Waals surface area contributed by atoms with Crippen LogP contribution in [0.15, 0.2) is 47.8 Å². The van der Waals surface area contributed by atoms with Crippen molar-refractivity contribution in [3.63, 3.8) is 0 Å². The second-order valence-electron chi connectivity index (χ2n) is 6.73.